The van der Waals surface area contributed by atoms with Crippen molar-refractivity contribution in [3.05, 3.63) is 35.4 Å². The Balaban J connectivity index is 1.53. The SMILES string of the molecule is FC(F)(F)c1ccc(CN2CCC(N3CCNCC3)C2)cc1. The van der Waals surface area contributed by atoms with Gasteiger partial charge in [0.25, 0.3) is 0 Å². The van der Waals surface area contributed by atoms with Gasteiger partial charge in [-0.15, -0.1) is 0 Å². The molecular formula is C16H22F3N3. The Morgan fingerprint density at radius 1 is 1.05 bits per heavy atom. The summed E-state index contributed by atoms with van der Waals surface area (Å²) in [5.41, 5.74) is 0.380. The molecule has 1 aromatic rings. The molecule has 2 heterocycles. The second kappa shape index (κ2) is 6.56. The first kappa shape index (κ1) is 15.8. The highest BCUT2D eigenvalue weighted by atomic mass is 19.4. The Bertz CT molecular complexity index is 480. The van der Waals surface area contributed by atoms with Crippen molar-refractivity contribution >= 4 is 0 Å². The summed E-state index contributed by atoms with van der Waals surface area (Å²) in [7, 11) is 0. The molecular weight excluding hydrogens is 291 g/mol. The highest BCUT2D eigenvalue weighted by molar-refractivity contribution is 5.24. The normalized spacial score (nSPS) is 24.8. The van der Waals surface area contributed by atoms with Crippen molar-refractivity contribution in [2.24, 2.45) is 0 Å². The fourth-order valence-electron chi connectivity index (χ4n) is 3.36. The van der Waals surface area contributed by atoms with E-state index in [-0.39, 0.29) is 0 Å². The van der Waals surface area contributed by atoms with Gasteiger partial charge in [-0.05, 0) is 24.1 Å². The van der Waals surface area contributed by atoms with E-state index >= 15 is 0 Å². The van der Waals surface area contributed by atoms with Crippen molar-refractivity contribution in [2.45, 2.75) is 25.2 Å². The van der Waals surface area contributed by atoms with Gasteiger partial charge in [0, 0.05) is 51.9 Å². The quantitative estimate of drug-likeness (QED) is 0.923. The molecule has 0 aliphatic carbocycles. The van der Waals surface area contributed by atoms with Gasteiger partial charge in [-0.1, -0.05) is 12.1 Å². The van der Waals surface area contributed by atoms with Gasteiger partial charge in [0.1, 0.15) is 0 Å². The van der Waals surface area contributed by atoms with Gasteiger partial charge >= 0.3 is 6.18 Å². The molecule has 0 radical (unpaired) electrons. The Hall–Kier alpha value is -1.11. The lowest BCUT2D eigenvalue weighted by atomic mass is 10.1. The summed E-state index contributed by atoms with van der Waals surface area (Å²) in [6, 6.07) is 6.15. The standard InChI is InChI=1S/C16H22F3N3/c17-16(18,19)14-3-1-13(2-4-14)11-21-8-5-15(12-21)22-9-6-20-7-10-22/h1-4,15,20H,5-12H2. The highest BCUT2D eigenvalue weighted by Crippen LogP contribution is 2.29. The fourth-order valence-corrected chi connectivity index (χ4v) is 3.36. The lowest BCUT2D eigenvalue weighted by molar-refractivity contribution is -0.137. The van der Waals surface area contributed by atoms with Crippen molar-refractivity contribution in [3.8, 4) is 0 Å². The predicted molar refractivity (Wildman–Crippen MR) is 79.6 cm³/mol. The first-order valence-electron chi connectivity index (χ1n) is 7.85. The lowest BCUT2D eigenvalue weighted by Gasteiger charge is -2.32. The van der Waals surface area contributed by atoms with Crippen molar-refractivity contribution in [1.29, 1.82) is 0 Å². The van der Waals surface area contributed by atoms with Crippen LogP contribution < -0.4 is 5.32 Å². The van der Waals surface area contributed by atoms with Crippen LogP contribution in [0.2, 0.25) is 0 Å². The molecule has 2 aliphatic rings. The molecule has 1 atom stereocenters. The summed E-state index contributed by atoms with van der Waals surface area (Å²) in [6.07, 6.45) is -3.10. The summed E-state index contributed by atoms with van der Waals surface area (Å²) < 4.78 is 37.7. The zero-order valence-corrected chi connectivity index (χ0v) is 12.6. The summed E-state index contributed by atoms with van der Waals surface area (Å²) in [6.45, 7) is 7.07. The third kappa shape index (κ3) is 3.80. The molecule has 6 heteroatoms. The van der Waals surface area contributed by atoms with Gasteiger partial charge in [0.2, 0.25) is 0 Å². The van der Waals surface area contributed by atoms with E-state index in [4.69, 9.17) is 0 Å². The number of halogens is 3. The molecule has 3 rings (SSSR count). The van der Waals surface area contributed by atoms with E-state index in [1.54, 1.807) is 12.1 Å². The largest absolute Gasteiger partial charge is 0.416 e. The van der Waals surface area contributed by atoms with Crippen LogP contribution in [0.25, 0.3) is 0 Å². The number of alkyl halides is 3. The lowest BCUT2D eigenvalue weighted by Crippen LogP contribution is -2.49. The zero-order chi connectivity index (χ0) is 15.6. The molecule has 122 valence electrons. The summed E-state index contributed by atoms with van der Waals surface area (Å²) in [4.78, 5) is 4.87. The van der Waals surface area contributed by atoms with E-state index in [9.17, 15) is 13.2 Å². The van der Waals surface area contributed by atoms with Gasteiger partial charge in [0.05, 0.1) is 5.56 Å². The molecule has 1 N–H and O–H groups in total. The molecule has 1 unspecified atom stereocenters. The van der Waals surface area contributed by atoms with Crippen LogP contribution in [-0.2, 0) is 12.7 Å². The van der Waals surface area contributed by atoms with Crippen LogP contribution in [-0.4, -0.2) is 55.1 Å². The molecule has 1 aromatic carbocycles. The van der Waals surface area contributed by atoms with Crippen molar-refractivity contribution < 1.29 is 13.2 Å². The minimum absolute atomic E-state index is 0.573. The van der Waals surface area contributed by atoms with E-state index in [2.05, 4.69) is 15.1 Å². The Kier molecular flexibility index (Phi) is 4.70. The van der Waals surface area contributed by atoms with Gasteiger partial charge in [-0.3, -0.25) is 9.80 Å². The first-order chi connectivity index (χ1) is 10.5. The number of piperazine rings is 1. The minimum atomic E-state index is -4.25. The number of hydrogen-bond donors (Lipinski definition) is 1. The molecule has 2 saturated heterocycles. The van der Waals surface area contributed by atoms with Gasteiger partial charge in [0.15, 0.2) is 0 Å². The van der Waals surface area contributed by atoms with Crippen molar-refractivity contribution in [3.63, 3.8) is 0 Å². The third-order valence-corrected chi connectivity index (χ3v) is 4.60. The molecule has 0 spiro atoms. The number of rotatable bonds is 3. The van der Waals surface area contributed by atoms with Gasteiger partial charge in [-0.25, -0.2) is 0 Å². The molecule has 0 saturated carbocycles. The van der Waals surface area contributed by atoms with Crippen molar-refractivity contribution in [1.82, 2.24) is 15.1 Å². The van der Waals surface area contributed by atoms with Crippen molar-refractivity contribution in [2.75, 3.05) is 39.3 Å². The van der Waals surface area contributed by atoms with Crippen LogP contribution >= 0.6 is 0 Å². The van der Waals surface area contributed by atoms with Crippen LogP contribution in [0.4, 0.5) is 13.2 Å². The van der Waals surface area contributed by atoms with E-state index in [0.717, 1.165) is 57.8 Å². The maximum atomic E-state index is 12.6. The van der Waals surface area contributed by atoms with Gasteiger partial charge < -0.3 is 5.32 Å². The molecule has 22 heavy (non-hydrogen) atoms. The number of hydrogen-bond acceptors (Lipinski definition) is 3. The maximum Gasteiger partial charge on any atom is 0.416 e. The number of nitrogens with zero attached hydrogens (tertiary/aromatic N) is 2. The first-order valence-corrected chi connectivity index (χ1v) is 7.85. The molecule has 2 aliphatic heterocycles. The van der Waals surface area contributed by atoms with E-state index in [1.807, 2.05) is 0 Å². The van der Waals surface area contributed by atoms with Crippen LogP contribution in [0.1, 0.15) is 17.5 Å². The summed E-state index contributed by atoms with van der Waals surface area (Å²) in [5, 5.41) is 3.36. The molecule has 0 bridgehead atoms. The average Bonchev–Trinajstić information content (AvgIpc) is 2.96. The van der Waals surface area contributed by atoms with Crippen LogP contribution in [0.3, 0.4) is 0 Å². The number of likely N-dealkylation sites (tertiary alicyclic amines) is 1. The number of benzene rings is 1. The molecule has 0 amide bonds. The average molecular weight is 313 g/mol. The second-order valence-electron chi connectivity index (χ2n) is 6.16. The monoisotopic (exact) mass is 313 g/mol. The predicted octanol–water partition coefficient (Wildman–Crippen LogP) is 2.18. The Morgan fingerprint density at radius 2 is 1.73 bits per heavy atom. The molecule has 0 aromatic heterocycles. The number of nitrogens with one attached hydrogen (secondary N) is 1. The highest BCUT2D eigenvalue weighted by Gasteiger charge is 2.31. The fraction of sp³-hybridized carbons (Fsp3) is 0.625. The minimum Gasteiger partial charge on any atom is -0.314 e. The Labute approximate surface area is 129 Å². The second-order valence-corrected chi connectivity index (χ2v) is 6.16. The van der Waals surface area contributed by atoms with Crippen LogP contribution in [0.15, 0.2) is 24.3 Å². The molecule has 3 nitrogen and oxygen atoms in total. The van der Waals surface area contributed by atoms with E-state index < -0.39 is 11.7 Å². The topological polar surface area (TPSA) is 18.5 Å². The van der Waals surface area contributed by atoms with Crippen LogP contribution in [0, 0.1) is 0 Å². The summed E-state index contributed by atoms with van der Waals surface area (Å²) in [5.74, 6) is 0. The van der Waals surface area contributed by atoms with Gasteiger partial charge in [-0.2, -0.15) is 13.2 Å². The Morgan fingerprint density at radius 3 is 2.36 bits per heavy atom. The third-order valence-electron chi connectivity index (χ3n) is 4.60. The van der Waals surface area contributed by atoms with E-state index in [0.29, 0.717) is 6.04 Å². The molecule has 2 fully saturated rings. The van der Waals surface area contributed by atoms with E-state index in [1.165, 1.54) is 12.1 Å². The van der Waals surface area contributed by atoms with Crippen LogP contribution in [0.5, 0.6) is 0 Å². The smallest absolute Gasteiger partial charge is 0.314 e. The maximum absolute atomic E-state index is 12.6. The zero-order valence-electron chi connectivity index (χ0n) is 12.6. The summed E-state index contributed by atoms with van der Waals surface area (Å²) >= 11 is 0.